The normalized spacial score (nSPS) is 15.9. The van der Waals surface area contributed by atoms with Crippen LogP contribution in [0.3, 0.4) is 0 Å². The van der Waals surface area contributed by atoms with Crippen LogP contribution in [0.15, 0.2) is 42.5 Å². The number of carboxylic acids is 1. The molecule has 2 aromatic rings. The van der Waals surface area contributed by atoms with Crippen LogP contribution < -0.4 is 14.4 Å². The number of carboxylic acid groups (broad SMARTS) is 1. The molecule has 0 saturated heterocycles. The van der Waals surface area contributed by atoms with Crippen molar-refractivity contribution in [2.75, 3.05) is 18.6 Å². The van der Waals surface area contributed by atoms with E-state index in [0.717, 1.165) is 11.1 Å². The molecule has 0 fully saturated rings. The van der Waals surface area contributed by atoms with Crippen LogP contribution in [0.4, 0.5) is 5.69 Å². The van der Waals surface area contributed by atoms with Gasteiger partial charge >= 0.3 is 5.97 Å². The summed E-state index contributed by atoms with van der Waals surface area (Å²) in [4.78, 5) is 25.7. The van der Waals surface area contributed by atoms with Crippen molar-refractivity contribution in [2.24, 2.45) is 0 Å². The Morgan fingerprint density at radius 1 is 1.28 bits per heavy atom. The molecular formula is C19H19NO5. The molecule has 0 bridgehead atoms. The number of aryl methyl sites for hydroxylation is 1. The van der Waals surface area contributed by atoms with Crippen LogP contribution in [0.2, 0.25) is 0 Å². The number of aliphatic carboxylic acids is 1. The number of nitrogens with zero attached hydrogens (tertiary/aromatic N) is 1. The number of ether oxygens (including phenoxy) is 2. The van der Waals surface area contributed by atoms with E-state index in [1.807, 2.05) is 25.1 Å². The molecule has 0 radical (unpaired) electrons. The van der Waals surface area contributed by atoms with Gasteiger partial charge in [0.05, 0.1) is 25.8 Å². The Morgan fingerprint density at radius 2 is 2.04 bits per heavy atom. The predicted octanol–water partition coefficient (Wildman–Crippen LogP) is 2.42. The molecule has 1 heterocycles. The van der Waals surface area contributed by atoms with Crippen molar-refractivity contribution in [1.82, 2.24) is 0 Å². The lowest BCUT2D eigenvalue weighted by atomic mass is 10.1. The first-order valence-electron chi connectivity index (χ1n) is 7.92. The van der Waals surface area contributed by atoms with Crippen LogP contribution in [-0.4, -0.2) is 36.7 Å². The van der Waals surface area contributed by atoms with Crippen LogP contribution in [0, 0.1) is 6.92 Å². The number of para-hydroxylation sites is 2. The lowest BCUT2D eigenvalue weighted by Gasteiger charge is -2.33. The summed E-state index contributed by atoms with van der Waals surface area (Å²) < 4.78 is 10.8. The molecule has 130 valence electrons. The summed E-state index contributed by atoms with van der Waals surface area (Å²) in [6, 6.07) is 12.6. The Hall–Kier alpha value is -3.02. The standard InChI is InChI=1S/C19H19NO5/c1-12-7-8-15(24-2)13(9-12)10-18(21)20-11-17(19(22)23)25-16-6-4-3-5-14(16)20/h3-9,17H,10-11H2,1-2H3,(H,22,23)/t17-/m0/s1. The molecule has 1 aliphatic rings. The fourth-order valence-corrected chi connectivity index (χ4v) is 2.90. The van der Waals surface area contributed by atoms with Crippen molar-refractivity contribution in [3.05, 3.63) is 53.6 Å². The summed E-state index contributed by atoms with van der Waals surface area (Å²) in [7, 11) is 1.56. The highest BCUT2D eigenvalue weighted by Gasteiger charge is 2.33. The zero-order valence-electron chi connectivity index (χ0n) is 14.1. The Morgan fingerprint density at radius 3 is 2.76 bits per heavy atom. The Bertz CT molecular complexity index is 817. The third-order valence-corrected chi connectivity index (χ3v) is 4.13. The van der Waals surface area contributed by atoms with E-state index in [1.165, 1.54) is 4.90 Å². The first-order valence-corrected chi connectivity index (χ1v) is 7.92. The number of hydrogen-bond donors (Lipinski definition) is 1. The third kappa shape index (κ3) is 3.42. The van der Waals surface area contributed by atoms with E-state index in [1.54, 1.807) is 31.4 Å². The number of methoxy groups -OCH3 is 1. The number of fused-ring (bicyclic) bond motifs is 1. The summed E-state index contributed by atoms with van der Waals surface area (Å²) in [5.41, 5.74) is 2.37. The van der Waals surface area contributed by atoms with E-state index < -0.39 is 12.1 Å². The van der Waals surface area contributed by atoms with Crippen LogP contribution in [-0.2, 0) is 16.0 Å². The summed E-state index contributed by atoms with van der Waals surface area (Å²) in [5, 5.41) is 9.29. The van der Waals surface area contributed by atoms with Gasteiger partial charge in [-0.25, -0.2) is 4.79 Å². The van der Waals surface area contributed by atoms with Crippen LogP contribution in [0.5, 0.6) is 11.5 Å². The molecule has 0 saturated carbocycles. The zero-order valence-corrected chi connectivity index (χ0v) is 14.1. The van der Waals surface area contributed by atoms with E-state index in [0.29, 0.717) is 17.2 Å². The summed E-state index contributed by atoms with van der Waals surface area (Å²) in [5.74, 6) is -0.271. The van der Waals surface area contributed by atoms with Gasteiger partial charge in [0.25, 0.3) is 0 Å². The fourth-order valence-electron chi connectivity index (χ4n) is 2.90. The Kier molecular flexibility index (Phi) is 4.61. The summed E-state index contributed by atoms with van der Waals surface area (Å²) in [6.45, 7) is 1.91. The van der Waals surface area contributed by atoms with Crippen LogP contribution in [0.25, 0.3) is 0 Å². The van der Waals surface area contributed by atoms with Gasteiger partial charge in [0.2, 0.25) is 12.0 Å². The van der Waals surface area contributed by atoms with Crippen molar-refractivity contribution < 1.29 is 24.2 Å². The first kappa shape index (κ1) is 16.8. The minimum absolute atomic E-state index is 0.0285. The molecule has 3 rings (SSSR count). The quantitative estimate of drug-likeness (QED) is 0.924. The van der Waals surface area contributed by atoms with Crippen molar-refractivity contribution in [1.29, 1.82) is 0 Å². The first-order chi connectivity index (χ1) is 12.0. The molecule has 0 unspecified atom stereocenters. The highest BCUT2D eigenvalue weighted by Crippen LogP contribution is 2.34. The largest absolute Gasteiger partial charge is 0.496 e. The van der Waals surface area contributed by atoms with Gasteiger partial charge in [-0.1, -0.05) is 29.8 Å². The van der Waals surface area contributed by atoms with Gasteiger partial charge in [-0.2, -0.15) is 0 Å². The lowest BCUT2D eigenvalue weighted by molar-refractivity contribution is -0.145. The molecular weight excluding hydrogens is 322 g/mol. The van der Waals surface area contributed by atoms with Crippen molar-refractivity contribution in [3.63, 3.8) is 0 Å². The molecule has 2 aromatic carbocycles. The lowest BCUT2D eigenvalue weighted by Crippen LogP contribution is -2.47. The highest BCUT2D eigenvalue weighted by atomic mass is 16.5. The Labute approximate surface area is 145 Å². The highest BCUT2D eigenvalue weighted by molar-refractivity contribution is 5.98. The third-order valence-electron chi connectivity index (χ3n) is 4.13. The smallest absolute Gasteiger partial charge is 0.346 e. The number of hydrogen-bond acceptors (Lipinski definition) is 4. The maximum atomic E-state index is 12.9. The number of anilines is 1. The van der Waals surface area contributed by atoms with Gasteiger partial charge < -0.3 is 19.5 Å². The number of rotatable bonds is 4. The molecule has 6 heteroatoms. The van der Waals surface area contributed by atoms with Gasteiger partial charge in [-0.15, -0.1) is 0 Å². The van der Waals surface area contributed by atoms with E-state index >= 15 is 0 Å². The SMILES string of the molecule is COc1ccc(C)cc1CC(=O)N1C[C@@H](C(=O)O)Oc2ccccc21. The average Bonchev–Trinajstić information content (AvgIpc) is 2.60. The minimum Gasteiger partial charge on any atom is -0.496 e. The van der Waals surface area contributed by atoms with Gasteiger partial charge in [0.1, 0.15) is 11.5 Å². The van der Waals surface area contributed by atoms with E-state index in [2.05, 4.69) is 0 Å². The van der Waals surface area contributed by atoms with Gasteiger partial charge in [-0.05, 0) is 25.1 Å². The molecule has 25 heavy (non-hydrogen) atoms. The van der Waals surface area contributed by atoms with Gasteiger partial charge in [0.15, 0.2) is 0 Å². The van der Waals surface area contributed by atoms with Crippen LogP contribution >= 0.6 is 0 Å². The monoisotopic (exact) mass is 341 g/mol. The molecule has 0 spiro atoms. The van der Waals surface area contributed by atoms with Crippen molar-refractivity contribution in [2.45, 2.75) is 19.4 Å². The van der Waals surface area contributed by atoms with Gasteiger partial charge in [-0.3, -0.25) is 4.79 Å². The molecule has 1 atom stereocenters. The molecule has 1 aliphatic heterocycles. The molecule has 0 aromatic heterocycles. The van der Waals surface area contributed by atoms with Crippen molar-refractivity contribution in [3.8, 4) is 11.5 Å². The maximum Gasteiger partial charge on any atom is 0.346 e. The number of carbonyl (C=O) groups excluding carboxylic acids is 1. The van der Waals surface area contributed by atoms with E-state index in [-0.39, 0.29) is 18.9 Å². The molecule has 1 N–H and O–H groups in total. The maximum absolute atomic E-state index is 12.9. The topological polar surface area (TPSA) is 76.1 Å². The molecule has 6 nitrogen and oxygen atoms in total. The average molecular weight is 341 g/mol. The minimum atomic E-state index is -1.10. The zero-order chi connectivity index (χ0) is 18.0. The molecule has 0 aliphatic carbocycles. The number of carbonyl (C=O) groups is 2. The second kappa shape index (κ2) is 6.84. The molecule has 1 amide bonds. The van der Waals surface area contributed by atoms with E-state index in [4.69, 9.17) is 9.47 Å². The van der Waals surface area contributed by atoms with Gasteiger partial charge in [0, 0.05) is 5.56 Å². The van der Waals surface area contributed by atoms with Crippen LogP contribution in [0.1, 0.15) is 11.1 Å². The number of amides is 1. The van der Waals surface area contributed by atoms with Crippen molar-refractivity contribution >= 4 is 17.6 Å². The predicted molar refractivity (Wildman–Crippen MR) is 92.3 cm³/mol. The Balaban J connectivity index is 1.91. The summed E-state index contributed by atoms with van der Waals surface area (Å²) >= 11 is 0. The fraction of sp³-hybridized carbons (Fsp3) is 0.263. The number of benzene rings is 2. The second-order valence-electron chi connectivity index (χ2n) is 5.91. The summed E-state index contributed by atoms with van der Waals surface area (Å²) in [6.07, 6.45) is -0.968. The second-order valence-corrected chi connectivity index (χ2v) is 5.91. The van der Waals surface area contributed by atoms with E-state index in [9.17, 15) is 14.7 Å².